The van der Waals surface area contributed by atoms with Gasteiger partial charge in [-0.1, -0.05) is 41.5 Å². The molecule has 1 heterocycles. The van der Waals surface area contributed by atoms with Crippen molar-refractivity contribution in [3.63, 3.8) is 0 Å². The Balaban J connectivity index is 3.88. The van der Waals surface area contributed by atoms with Gasteiger partial charge in [0.25, 0.3) is 0 Å². The minimum atomic E-state index is -1.06. The van der Waals surface area contributed by atoms with E-state index < -0.39 is 14.0 Å². The maximum absolute atomic E-state index is 2.57. The summed E-state index contributed by atoms with van der Waals surface area (Å²) in [5.41, 5.74) is 3.43. The van der Waals surface area contributed by atoms with Crippen molar-refractivity contribution in [1.29, 1.82) is 0 Å². The molecule has 0 aromatic heterocycles. The lowest BCUT2D eigenvalue weighted by molar-refractivity contribution is 0.741. The van der Waals surface area contributed by atoms with E-state index in [-0.39, 0.29) is 0 Å². The smallest absolute Gasteiger partial charge is 0.0588 e. The molecule has 0 spiro atoms. The zero-order valence-electron chi connectivity index (χ0n) is 19.4. The summed E-state index contributed by atoms with van der Waals surface area (Å²) in [7, 11) is -2.11. The van der Waals surface area contributed by atoms with Crippen molar-refractivity contribution in [2.75, 3.05) is 0 Å². The van der Waals surface area contributed by atoms with E-state index in [2.05, 4.69) is 96.9 Å². The van der Waals surface area contributed by atoms with Crippen LogP contribution in [0.25, 0.3) is 0 Å². The largest absolute Gasteiger partial charge is 0.506 e. The van der Waals surface area contributed by atoms with Crippen molar-refractivity contribution in [3.05, 3.63) is 0 Å². The summed E-state index contributed by atoms with van der Waals surface area (Å²) in [5.74, 6) is 0. The Morgan fingerprint density at radius 1 is 0.458 bits per heavy atom. The van der Waals surface area contributed by atoms with Gasteiger partial charge in [0.15, 0.2) is 0 Å². The summed E-state index contributed by atoms with van der Waals surface area (Å²) in [4.78, 5) is 0. The standard InChI is InChI=1S/C20H46B2P2/c1-15(2)23(16(3)4)21(19(9,10)11)24(17(5)6,18(7)8)22(23)20(12,13)14/h15-18H,1-14H3/q+2. The second kappa shape index (κ2) is 6.86. The minimum absolute atomic E-state index is 0.437. The summed E-state index contributed by atoms with van der Waals surface area (Å²) in [6.45, 7) is 35.9. The second-order valence-electron chi connectivity index (χ2n) is 11.6. The lowest BCUT2D eigenvalue weighted by Gasteiger charge is -2.64. The first-order chi connectivity index (χ1) is 10.5. The zero-order chi connectivity index (χ0) is 19.5. The number of hydrogen-bond acceptors (Lipinski definition) is 0. The SMILES string of the molecule is CC(C)[P+]1(C(C)C)B(C(C)(C)C)[P+](C(C)C)(C(C)C)B1C(C)(C)C. The van der Waals surface area contributed by atoms with E-state index in [4.69, 9.17) is 0 Å². The summed E-state index contributed by atoms with van der Waals surface area (Å²) in [5, 5.41) is 0.874. The lowest BCUT2D eigenvalue weighted by atomic mass is 9.67. The van der Waals surface area contributed by atoms with Gasteiger partial charge < -0.3 is 0 Å². The van der Waals surface area contributed by atoms with Gasteiger partial charge in [-0.3, -0.25) is 0 Å². The van der Waals surface area contributed by atoms with Crippen LogP contribution in [-0.4, -0.2) is 34.9 Å². The van der Waals surface area contributed by atoms with E-state index in [1.165, 1.54) is 0 Å². The third-order valence-corrected chi connectivity index (χ3v) is 25.3. The van der Waals surface area contributed by atoms with E-state index in [9.17, 15) is 0 Å². The van der Waals surface area contributed by atoms with E-state index >= 15 is 0 Å². The molecule has 1 fully saturated rings. The Morgan fingerprint density at radius 2 is 0.625 bits per heavy atom. The fourth-order valence-electron chi connectivity index (χ4n) is 7.03. The van der Waals surface area contributed by atoms with Gasteiger partial charge in [0, 0.05) is 47.3 Å². The van der Waals surface area contributed by atoms with Crippen molar-refractivity contribution in [2.24, 2.45) is 0 Å². The molecule has 0 aliphatic carbocycles. The summed E-state index contributed by atoms with van der Waals surface area (Å²) >= 11 is 0. The van der Waals surface area contributed by atoms with Crippen LogP contribution in [0.5, 0.6) is 0 Å². The van der Waals surface area contributed by atoms with Gasteiger partial charge in [0.05, 0.1) is 0 Å². The average Bonchev–Trinajstić information content (AvgIpc) is 2.21. The van der Waals surface area contributed by atoms with Gasteiger partial charge in [-0.15, -0.1) is 0 Å². The first-order valence-electron chi connectivity index (χ1n) is 10.3. The molecule has 0 radical (unpaired) electrons. The predicted molar refractivity (Wildman–Crippen MR) is 125 cm³/mol. The highest BCUT2D eigenvalue weighted by atomic mass is 31.3. The fourth-order valence-corrected chi connectivity index (χ4v) is 32.4. The summed E-state index contributed by atoms with van der Waals surface area (Å²) in [6, 6.07) is 0. The van der Waals surface area contributed by atoms with Gasteiger partial charge in [-0.05, 0) is 55.4 Å². The lowest BCUT2D eigenvalue weighted by Crippen LogP contribution is -2.64. The van der Waals surface area contributed by atoms with Gasteiger partial charge in [0.2, 0.25) is 0 Å². The predicted octanol–water partition coefficient (Wildman–Crippen LogP) is 8.25. The van der Waals surface area contributed by atoms with Crippen LogP contribution in [0.3, 0.4) is 0 Å². The van der Waals surface area contributed by atoms with Crippen molar-refractivity contribution in [1.82, 2.24) is 0 Å². The van der Waals surface area contributed by atoms with Crippen LogP contribution in [0.4, 0.5) is 0 Å². The van der Waals surface area contributed by atoms with E-state index in [1.54, 1.807) is 0 Å². The minimum Gasteiger partial charge on any atom is -0.0588 e. The average molecular weight is 370 g/mol. The molecule has 1 aliphatic rings. The van der Waals surface area contributed by atoms with Crippen LogP contribution in [-0.2, 0) is 0 Å². The van der Waals surface area contributed by atoms with Crippen LogP contribution in [0, 0.1) is 0 Å². The Labute approximate surface area is 156 Å². The fraction of sp³-hybridized carbons (Fsp3) is 1.00. The molecule has 0 nitrogen and oxygen atoms in total. The third kappa shape index (κ3) is 2.99. The van der Waals surface area contributed by atoms with E-state index in [0.717, 1.165) is 34.9 Å². The highest BCUT2D eigenvalue weighted by molar-refractivity contribution is 8.72. The maximum Gasteiger partial charge on any atom is 0.506 e. The van der Waals surface area contributed by atoms with Gasteiger partial charge in [-0.25, -0.2) is 0 Å². The molecule has 0 unspecified atom stereocenters. The Kier molecular flexibility index (Phi) is 6.58. The van der Waals surface area contributed by atoms with Crippen molar-refractivity contribution < 1.29 is 0 Å². The molecule has 140 valence electrons. The number of rotatable bonds is 4. The molecule has 24 heavy (non-hydrogen) atoms. The molecule has 0 amide bonds. The maximum atomic E-state index is 2.57. The molecule has 0 atom stereocenters. The third-order valence-electron chi connectivity index (χ3n) is 6.82. The first-order valence-corrected chi connectivity index (χ1v) is 14.4. The molecule has 0 saturated carbocycles. The topological polar surface area (TPSA) is 0 Å². The first kappa shape index (κ1) is 23.0. The molecule has 0 bridgehead atoms. The molecule has 0 N–H and O–H groups in total. The van der Waals surface area contributed by atoms with Crippen LogP contribution in [0.15, 0.2) is 0 Å². The van der Waals surface area contributed by atoms with Gasteiger partial charge in [0.1, 0.15) is 0 Å². The molecular formula is C20H46B2P2+2. The van der Waals surface area contributed by atoms with Crippen LogP contribution >= 0.6 is 14.0 Å². The van der Waals surface area contributed by atoms with Gasteiger partial charge >= 0.3 is 12.3 Å². The molecule has 1 rings (SSSR count). The molecular weight excluding hydrogens is 324 g/mol. The van der Waals surface area contributed by atoms with Crippen LogP contribution < -0.4 is 0 Å². The molecule has 0 aromatic carbocycles. The molecule has 1 aliphatic heterocycles. The van der Waals surface area contributed by atoms with Crippen molar-refractivity contribution in [3.8, 4) is 0 Å². The monoisotopic (exact) mass is 370 g/mol. The Morgan fingerprint density at radius 3 is 0.708 bits per heavy atom. The van der Waals surface area contributed by atoms with Crippen molar-refractivity contribution in [2.45, 2.75) is 130 Å². The highest BCUT2D eigenvalue weighted by Crippen LogP contribution is 3.05. The number of hydrogen-bond donors (Lipinski definition) is 0. The van der Waals surface area contributed by atoms with Crippen LogP contribution in [0.1, 0.15) is 96.9 Å². The van der Waals surface area contributed by atoms with E-state index in [0.29, 0.717) is 10.6 Å². The molecule has 0 aromatic rings. The quantitative estimate of drug-likeness (QED) is 0.345. The second-order valence-corrected chi connectivity index (χ2v) is 22.2. The molecule has 4 heteroatoms. The summed E-state index contributed by atoms with van der Waals surface area (Å²) in [6.07, 6.45) is 1.98. The Bertz CT molecular complexity index is 372. The molecule has 1 saturated heterocycles. The Hall–Kier alpha value is 0.990. The normalized spacial score (nSPS) is 21.2. The van der Waals surface area contributed by atoms with E-state index in [1.807, 2.05) is 0 Å². The zero-order valence-corrected chi connectivity index (χ0v) is 21.1. The van der Waals surface area contributed by atoms with Gasteiger partial charge in [-0.2, -0.15) is 0 Å². The van der Waals surface area contributed by atoms with Crippen LogP contribution in [0.2, 0.25) is 10.6 Å². The highest BCUT2D eigenvalue weighted by Gasteiger charge is 2.97. The van der Waals surface area contributed by atoms with Crippen molar-refractivity contribution >= 4 is 26.3 Å². The summed E-state index contributed by atoms with van der Waals surface area (Å²) < 4.78 is 0.